The van der Waals surface area contributed by atoms with Crippen LogP contribution in [0.25, 0.3) is 0 Å². The summed E-state index contributed by atoms with van der Waals surface area (Å²) in [6.07, 6.45) is -1.56. The van der Waals surface area contributed by atoms with E-state index in [0.717, 1.165) is 0 Å². The van der Waals surface area contributed by atoms with Gasteiger partial charge in [-0.2, -0.15) is 0 Å². The molecule has 1 unspecified atom stereocenters. The van der Waals surface area contributed by atoms with Crippen molar-refractivity contribution in [3.8, 4) is 0 Å². The summed E-state index contributed by atoms with van der Waals surface area (Å²) in [5.41, 5.74) is 0.702. The van der Waals surface area contributed by atoms with Crippen molar-refractivity contribution in [2.24, 2.45) is 5.92 Å². The van der Waals surface area contributed by atoms with E-state index < -0.39 is 50.3 Å². The molecule has 1 fully saturated rings. The topological polar surface area (TPSA) is 139 Å². The molecule has 2 N–H and O–H groups in total. The van der Waals surface area contributed by atoms with Crippen LogP contribution >= 0.6 is 0 Å². The van der Waals surface area contributed by atoms with E-state index in [0.29, 0.717) is 31.9 Å². The summed E-state index contributed by atoms with van der Waals surface area (Å²) < 4.78 is 35.3. The quantitative estimate of drug-likeness (QED) is 0.432. The van der Waals surface area contributed by atoms with Crippen LogP contribution in [0.2, 0.25) is 0 Å². The molecule has 1 heterocycles. The van der Waals surface area contributed by atoms with E-state index in [1.807, 2.05) is 0 Å². The fourth-order valence-electron chi connectivity index (χ4n) is 3.47. The third-order valence-electron chi connectivity index (χ3n) is 5.54. The number of carbonyl (C=O) groups is 3. The van der Waals surface area contributed by atoms with Gasteiger partial charge in [0.05, 0.1) is 24.9 Å². The molecule has 0 radical (unpaired) electrons. The number of carboxylic acid groups (broad SMARTS) is 1. The number of carboxylic acids is 1. The number of morpholine rings is 1. The monoisotopic (exact) mass is 484 g/mol. The van der Waals surface area contributed by atoms with Crippen LogP contribution in [0.3, 0.4) is 0 Å². The van der Waals surface area contributed by atoms with E-state index in [9.17, 15) is 27.9 Å². The summed E-state index contributed by atoms with van der Waals surface area (Å²) in [7, 11) is -4.12. The molecule has 0 bridgehead atoms. The molecule has 0 saturated carbocycles. The average Bonchev–Trinajstić information content (AvgIpc) is 2.78. The zero-order valence-electron chi connectivity index (χ0n) is 19.2. The molecule has 33 heavy (non-hydrogen) atoms. The van der Waals surface area contributed by atoms with Crippen LogP contribution in [0.1, 0.15) is 26.3 Å². The molecule has 0 aromatic heterocycles. The second-order valence-corrected chi connectivity index (χ2v) is 10.8. The maximum atomic E-state index is 13.4. The number of sulfone groups is 1. The summed E-state index contributed by atoms with van der Waals surface area (Å²) >= 11 is 0. The van der Waals surface area contributed by atoms with E-state index in [1.54, 1.807) is 37.3 Å². The van der Waals surface area contributed by atoms with Crippen LogP contribution in [0, 0.1) is 5.92 Å². The highest BCUT2D eigenvalue weighted by Crippen LogP contribution is 2.25. The molecule has 2 rings (SSSR count). The van der Waals surface area contributed by atoms with Gasteiger partial charge in [0.15, 0.2) is 9.84 Å². The fourth-order valence-corrected chi connectivity index (χ4v) is 5.08. The van der Waals surface area contributed by atoms with Crippen molar-refractivity contribution in [2.75, 3.05) is 38.7 Å². The number of carbonyl (C=O) groups excluding carboxylic acids is 2. The molecule has 11 heteroatoms. The van der Waals surface area contributed by atoms with Gasteiger partial charge in [-0.1, -0.05) is 30.3 Å². The highest BCUT2D eigenvalue weighted by molar-refractivity contribution is 7.93. The van der Waals surface area contributed by atoms with E-state index in [4.69, 9.17) is 9.47 Å². The predicted molar refractivity (Wildman–Crippen MR) is 120 cm³/mol. The third kappa shape index (κ3) is 6.99. The average molecular weight is 485 g/mol. The van der Waals surface area contributed by atoms with Gasteiger partial charge in [-0.15, -0.1) is 0 Å². The lowest BCUT2D eigenvalue weighted by atomic mass is 10.00. The van der Waals surface area contributed by atoms with Crippen LogP contribution in [0.4, 0.5) is 0 Å². The second-order valence-electron chi connectivity index (χ2n) is 8.27. The molecule has 184 valence electrons. The van der Waals surface area contributed by atoms with Crippen molar-refractivity contribution in [1.82, 2.24) is 10.2 Å². The molecule has 2 amide bonds. The van der Waals surface area contributed by atoms with Crippen LogP contribution in [-0.4, -0.2) is 85.8 Å². The molecule has 1 aromatic carbocycles. The molecule has 1 aliphatic heterocycles. The molecule has 0 spiro atoms. The van der Waals surface area contributed by atoms with Crippen molar-refractivity contribution < 1.29 is 37.4 Å². The summed E-state index contributed by atoms with van der Waals surface area (Å²) in [6.45, 7) is 5.52. The molecule has 1 aliphatic rings. The molecule has 0 aliphatic carbocycles. The summed E-state index contributed by atoms with van der Waals surface area (Å²) in [5.74, 6) is -4.49. The molecule has 1 aromatic rings. The number of rotatable bonds is 11. The minimum Gasteiger partial charge on any atom is -0.478 e. The lowest BCUT2D eigenvalue weighted by molar-refractivity contribution is -0.156. The number of hydrogen-bond donors (Lipinski definition) is 2. The lowest BCUT2D eigenvalue weighted by Gasteiger charge is -2.34. The van der Waals surface area contributed by atoms with Crippen LogP contribution in [-0.2, 0) is 40.1 Å². The number of nitrogens with one attached hydrogen (secondary N) is 1. The minimum atomic E-state index is -4.12. The van der Waals surface area contributed by atoms with Crippen LogP contribution < -0.4 is 5.32 Å². The van der Waals surface area contributed by atoms with Crippen LogP contribution in [0.15, 0.2) is 30.3 Å². The van der Waals surface area contributed by atoms with Crippen molar-refractivity contribution in [2.45, 2.75) is 38.2 Å². The fraction of sp³-hybridized carbons (Fsp3) is 0.591. The Labute approximate surface area is 194 Å². The molecule has 10 nitrogen and oxygen atoms in total. The normalized spacial score (nSPS) is 16.6. The Morgan fingerprint density at radius 1 is 1.18 bits per heavy atom. The van der Waals surface area contributed by atoms with Gasteiger partial charge in [-0.3, -0.25) is 9.59 Å². The lowest BCUT2D eigenvalue weighted by Crippen LogP contribution is -2.55. The summed E-state index contributed by atoms with van der Waals surface area (Å²) in [5, 5.41) is 11.6. The Balaban J connectivity index is 2.28. The number of benzene rings is 1. The van der Waals surface area contributed by atoms with Gasteiger partial charge in [0.1, 0.15) is 4.75 Å². The number of hydrogen-bond acceptors (Lipinski definition) is 7. The van der Waals surface area contributed by atoms with Gasteiger partial charge in [-0.25, -0.2) is 13.2 Å². The van der Waals surface area contributed by atoms with E-state index >= 15 is 0 Å². The van der Waals surface area contributed by atoms with Gasteiger partial charge in [-0.05, 0) is 32.8 Å². The Hall–Kier alpha value is -2.50. The molecular weight excluding hydrogens is 452 g/mol. The van der Waals surface area contributed by atoms with Gasteiger partial charge in [0.2, 0.25) is 18.0 Å². The first-order valence-corrected chi connectivity index (χ1v) is 12.4. The standard InChI is InChI=1S/C22H32N2O8S/c1-4-32-19(20(26)27)23-18(25)17(14-16-8-6-5-7-9-16)15-33(29,30)22(2,3)21(28)24-10-12-31-13-11-24/h5-9,17,19H,4,10-15H2,1-3H3,(H,23,25)(H,26,27)/t17-,19?/m1/s1. The smallest absolute Gasteiger partial charge is 0.354 e. The van der Waals surface area contributed by atoms with Gasteiger partial charge in [0, 0.05) is 19.7 Å². The first kappa shape index (κ1) is 26.7. The van der Waals surface area contributed by atoms with Crippen molar-refractivity contribution in [3.05, 3.63) is 35.9 Å². The van der Waals surface area contributed by atoms with Crippen molar-refractivity contribution >= 4 is 27.6 Å². The maximum Gasteiger partial charge on any atom is 0.354 e. The molecular formula is C22H32N2O8S. The van der Waals surface area contributed by atoms with E-state index in [1.165, 1.54) is 18.7 Å². The van der Waals surface area contributed by atoms with E-state index in [-0.39, 0.29) is 13.0 Å². The first-order chi connectivity index (χ1) is 15.5. The minimum absolute atomic E-state index is 0.0416. The largest absolute Gasteiger partial charge is 0.478 e. The summed E-state index contributed by atoms with van der Waals surface area (Å²) in [6, 6.07) is 8.78. The number of ether oxygens (including phenoxy) is 2. The Bertz CT molecular complexity index is 927. The van der Waals surface area contributed by atoms with Crippen molar-refractivity contribution in [1.29, 1.82) is 0 Å². The zero-order chi connectivity index (χ0) is 24.6. The zero-order valence-corrected chi connectivity index (χ0v) is 20.0. The van der Waals surface area contributed by atoms with Gasteiger partial charge < -0.3 is 24.8 Å². The first-order valence-electron chi connectivity index (χ1n) is 10.8. The SMILES string of the molecule is CCOC(NC(=O)[C@H](Cc1ccccc1)CS(=O)(=O)C(C)(C)C(=O)N1CCOCC1)C(=O)O. The number of nitrogens with zero attached hydrogens (tertiary/aromatic N) is 1. The second kappa shape index (κ2) is 11.6. The van der Waals surface area contributed by atoms with Gasteiger partial charge in [0.25, 0.3) is 0 Å². The molecule has 2 atom stereocenters. The molecule has 1 saturated heterocycles. The number of aliphatic carboxylic acids is 1. The van der Waals surface area contributed by atoms with Crippen LogP contribution in [0.5, 0.6) is 0 Å². The highest BCUT2D eigenvalue weighted by Gasteiger charge is 2.46. The van der Waals surface area contributed by atoms with Gasteiger partial charge >= 0.3 is 5.97 Å². The highest BCUT2D eigenvalue weighted by atomic mass is 32.2. The number of amides is 2. The predicted octanol–water partition coefficient (Wildman–Crippen LogP) is 0.461. The Kier molecular flexibility index (Phi) is 9.38. The summed E-state index contributed by atoms with van der Waals surface area (Å²) in [4.78, 5) is 38.8. The van der Waals surface area contributed by atoms with Crippen molar-refractivity contribution in [3.63, 3.8) is 0 Å². The Morgan fingerprint density at radius 2 is 1.79 bits per heavy atom. The Morgan fingerprint density at radius 3 is 2.33 bits per heavy atom. The third-order valence-corrected chi connectivity index (χ3v) is 8.11. The maximum absolute atomic E-state index is 13.4. The van der Waals surface area contributed by atoms with E-state index in [2.05, 4.69) is 5.32 Å².